The average molecular weight is 392 g/mol. The molecule has 1 saturated heterocycles. The van der Waals surface area contributed by atoms with Crippen molar-refractivity contribution in [3.8, 4) is 0 Å². The van der Waals surface area contributed by atoms with Crippen LogP contribution in [0.5, 0.6) is 0 Å². The molecule has 142 valence electrons. The maximum atomic E-state index is 12.7. The topological polar surface area (TPSA) is 67.4 Å². The van der Waals surface area contributed by atoms with E-state index in [9.17, 15) is 18.4 Å². The Balaban J connectivity index is 1.69. The van der Waals surface area contributed by atoms with E-state index in [-0.39, 0.29) is 10.8 Å². The number of carbonyl (C=O) groups excluding carboxylic acids is 2. The van der Waals surface area contributed by atoms with Crippen LogP contribution in [0.25, 0.3) is 0 Å². The lowest BCUT2D eigenvalue weighted by Crippen LogP contribution is -2.27. The Hall–Kier alpha value is -2.45. The van der Waals surface area contributed by atoms with Gasteiger partial charge in [-0.15, -0.1) is 0 Å². The summed E-state index contributed by atoms with van der Waals surface area (Å²) in [4.78, 5) is 24.9. The molecule has 0 aromatic heterocycles. The molecule has 1 heterocycles. The predicted molar refractivity (Wildman–Crippen MR) is 100 cm³/mol. The molecule has 27 heavy (non-hydrogen) atoms. The summed E-state index contributed by atoms with van der Waals surface area (Å²) in [6.45, 7) is 0.566. The number of anilines is 2. The van der Waals surface area contributed by atoms with Crippen molar-refractivity contribution in [1.82, 2.24) is 0 Å². The Kier molecular flexibility index (Phi) is 6.41. The van der Waals surface area contributed by atoms with Crippen LogP contribution in [-0.4, -0.2) is 30.3 Å². The largest absolute Gasteiger partial charge is 0.368 e. The molecule has 0 radical (unpaired) electrons. The van der Waals surface area contributed by atoms with Gasteiger partial charge in [-0.05, 0) is 43.2 Å². The van der Waals surface area contributed by atoms with E-state index >= 15 is 0 Å². The van der Waals surface area contributed by atoms with E-state index in [4.69, 9.17) is 4.74 Å². The average Bonchev–Trinajstić information content (AvgIpc) is 3.18. The molecule has 1 atom stereocenters. The van der Waals surface area contributed by atoms with E-state index in [0.29, 0.717) is 41.7 Å². The number of rotatable bonds is 6. The lowest BCUT2D eigenvalue weighted by Gasteiger charge is -2.12. The van der Waals surface area contributed by atoms with Gasteiger partial charge in [-0.3, -0.25) is 9.59 Å². The predicted octanol–water partition coefficient (Wildman–Crippen LogP) is 4.37. The number of para-hydroxylation sites is 1. The number of hydrogen-bond donors (Lipinski definition) is 2. The van der Waals surface area contributed by atoms with Gasteiger partial charge in [0.25, 0.3) is 17.6 Å². The Bertz CT molecular complexity index is 826. The normalized spacial score (nSPS) is 16.3. The Labute approximate surface area is 159 Å². The van der Waals surface area contributed by atoms with E-state index in [1.165, 1.54) is 12.1 Å². The van der Waals surface area contributed by atoms with Crippen LogP contribution in [0.4, 0.5) is 20.2 Å². The number of benzene rings is 2. The fraction of sp³-hybridized carbons (Fsp3) is 0.263. The second kappa shape index (κ2) is 8.96. The third kappa shape index (κ3) is 5.27. The van der Waals surface area contributed by atoms with E-state index in [2.05, 4.69) is 10.6 Å². The molecule has 0 aliphatic carbocycles. The van der Waals surface area contributed by atoms with Crippen molar-refractivity contribution in [1.29, 1.82) is 0 Å². The summed E-state index contributed by atoms with van der Waals surface area (Å²) in [5.74, 6) is -3.28. The first kappa shape index (κ1) is 19.3. The smallest absolute Gasteiger partial charge is 0.288 e. The van der Waals surface area contributed by atoms with Crippen LogP contribution in [0.1, 0.15) is 23.2 Å². The molecule has 1 aliphatic heterocycles. The lowest BCUT2D eigenvalue weighted by molar-refractivity contribution is -0.124. The van der Waals surface area contributed by atoms with Gasteiger partial charge in [0.05, 0.1) is 5.69 Å². The number of alkyl halides is 2. The Morgan fingerprint density at radius 2 is 1.93 bits per heavy atom. The number of carbonyl (C=O) groups is 2. The fourth-order valence-electron chi connectivity index (χ4n) is 2.71. The van der Waals surface area contributed by atoms with Gasteiger partial charge < -0.3 is 15.4 Å². The molecule has 2 aromatic carbocycles. The minimum Gasteiger partial charge on any atom is -0.368 e. The van der Waals surface area contributed by atoms with Gasteiger partial charge >= 0.3 is 0 Å². The number of nitrogens with one attached hydrogen (secondary N) is 2. The van der Waals surface area contributed by atoms with Crippen LogP contribution in [0.15, 0.2) is 53.4 Å². The van der Waals surface area contributed by atoms with Crippen LogP contribution < -0.4 is 10.6 Å². The molecule has 3 rings (SSSR count). The first-order valence-electron chi connectivity index (χ1n) is 8.40. The third-order valence-electron chi connectivity index (χ3n) is 3.97. The number of halogens is 2. The van der Waals surface area contributed by atoms with Crippen LogP contribution in [0.2, 0.25) is 0 Å². The SMILES string of the molecule is O=C(Nc1ccccc1SC(F)F)c1cccc(NC(=O)C2CCCO2)c1. The van der Waals surface area contributed by atoms with Gasteiger partial charge in [-0.1, -0.05) is 30.0 Å². The van der Waals surface area contributed by atoms with Crippen molar-refractivity contribution in [3.05, 3.63) is 54.1 Å². The van der Waals surface area contributed by atoms with Crippen molar-refractivity contribution in [3.63, 3.8) is 0 Å². The Morgan fingerprint density at radius 1 is 1.11 bits per heavy atom. The Morgan fingerprint density at radius 3 is 2.67 bits per heavy atom. The lowest BCUT2D eigenvalue weighted by atomic mass is 10.1. The molecule has 1 aliphatic rings. The highest BCUT2D eigenvalue weighted by Crippen LogP contribution is 2.32. The van der Waals surface area contributed by atoms with Gasteiger partial charge in [0.1, 0.15) is 6.10 Å². The zero-order valence-corrected chi connectivity index (χ0v) is 15.1. The summed E-state index contributed by atoms with van der Waals surface area (Å²) < 4.78 is 30.7. The van der Waals surface area contributed by atoms with Crippen molar-refractivity contribution >= 4 is 35.0 Å². The summed E-state index contributed by atoms with van der Waals surface area (Å²) in [7, 11) is 0. The molecule has 0 saturated carbocycles. The van der Waals surface area contributed by atoms with E-state index in [0.717, 1.165) is 6.42 Å². The summed E-state index contributed by atoms with van der Waals surface area (Å²) >= 11 is 0.369. The number of thioether (sulfide) groups is 1. The maximum Gasteiger partial charge on any atom is 0.288 e. The maximum absolute atomic E-state index is 12.7. The molecule has 1 unspecified atom stereocenters. The van der Waals surface area contributed by atoms with Crippen molar-refractivity contribution in [2.24, 2.45) is 0 Å². The zero-order chi connectivity index (χ0) is 19.2. The van der Waals surface area contributed by atoms with Gasteiger partial charge in [0.15, 0.2) is 0 Å². The molecule has 1 fully saturated rings. The van der Waals surface area contributed by atoms with Crippen LogP contribution in [-0.2, 0) is 9.53 Å². The quantitative estimate of drug-likeness (QED) is 0.717. The van der Waals surface area contributed by atoms with E-state index in [1.54, 1.807) is 36.4 Å². The van der Waals surface area contributed by atoms with E-state index < -0.39 is 17.8 Å². The van der Waals surface area contributed by atoms with Crippen molar-refractivity contribution < 1.29 is 23.1 Å². The molecule has 2 N–H and O–H groups in total. The van der Waals surface area contributed by atoms with Crippen molar-refractivity contribution in [2.45, 2.75) is 29.6 Å². The zero-order valence-electron chi connectivity index (χ0n) is 14.3. The highest BCUT2D eigenvalue weighted by Gasteiger charge is 2.23. The van der Waals surface area contributed by atoms with Gasteiger partial charge in [0.2, 0.25) is 0 Å². The summed E-state index contributed by atoms with van der Waals surface area (Å²) in [6.07, 6.45) is 1.04. The van der Waals surface area contributed by atoms with Gasteiger partial charge in [-0.25, -0.2) is 0 Å². The number of hydrogen-bond acceptors (Lipinski definition) is 4. The second-order valence-electron chi connectivity index (χ2n) is 5.90. The minimum absolute atomic E-state index is 0.247. The highest BCUT2D eigenvalue weighted by atomic mass is 32.2. The number of ether oxygens (including phenoxy) is 1. The molecule has 8 heteroatoms. The summed E-state index contributed by atoms with van der Waals surface area (Å²) in [6, 6.07) is 12.8. The van der Waals surface area contributed by atoms with Crippen LogP contribution in [0.3, 0.4) is 0 Å². The first-order chi connectivity index (χ1) is 13.0. The first-order valence-corrected chi connectivity index (χ1v) is 9.28. The summed E-state index contributed by atoms with van der Waals surface area (Å²) in [5, 5.41) is 5.37. The third-order valence-corrected chi connectivity index (χ3v) is 4.75. The van der Waals surface area contributed by atoms with Crippen LogP contribution in [0, 0.1) is 0 Å². The van der Waals surface area contributed by atoms with Crippen LogP contribution >= 0.6 is 11.8 Å². The molecular weight excluding hydrogens is 374 g/mol. The molecule has 0 bridgehead atoms. The molecule has 2 amide bonds. The number of amides is 2. The highest BCUT2D eigenvalue weighted by molar-refractivity contribution is 7.99. The van der Waals surface area contributed by atoms with Crippen molar-refractivity contribution in [2.75, 3.05) is 17.2 Å². The minimum atomic E-state index is -2.58. The standard InChI is InChI=1S/C19H18F2N2O3S/c20-19(21)27-16-9-2-1-7-14(16)23-17(24)12-5-3-6-13(11-12)22-18(25)15-8-4-10-26-15/h1-3,5-7,9,11,15,19H,4,8,10H2,(H,22,25)(H,23,24). The molecular formula is C19H18F2N2O3S. The van der Waals surface area contributed by atoms with E-state index in [1.807, 2.05) is 0 Å². The monoisotopic (exact) mass is 392 g/mol. The fourth-order valence-corrected chi connectivity index (χ4v) is 3.30. The molecule has 2 aromatic rings. The second-order valence-corrected chi connectivity index (χ2v) is 6.93. The van der Waals surface area contributed by atoms with Gasteiger partial charge in [-0.2, -0.15) is 8.78 Å². The summed E-state index contributed by atoms with van der Waals surface area (Å²) in [5.41, 5.74) is 1.08. The molecule has 0 spiro atoms. The van der Waals surface area contributed by atoms with Gasteiger partial charge in [0, 0.05) is 22.8 Å². The molecule has 5 nitrogen and oxygen atoms in total.